The van der Waals surface area contributed by atoms with Gasteiger partial charge in [-0.2, -0.15) is 0 Å². The van der Waals surface area contributed by atoms with E-state index in [2.05, 4.69) is 159 Å². The fraction of sp³-hybridized carbons (Fsp3) is 0.0345. The Labute approximate surface area is 371 Å². The van der Waals surface area contributed by atoms with Gasteiger partial charge in [0.1, 0.15) is 0 Å². The van der Waals surface area contributed by atoms with E-state index in [1.54, 1.807) is 0 Å². The molecule has 11 rings (SSSR count). The Kier molecular flexibility index (Phi) is 9.86. The number of nitrogens with zero attached hydrogens (tertiary/aromatic N) is 6. The van der Waals surface area contributed by atoms with E-state index in [1.165, 1.54) is 32.7 Å². The SMILES string of the molecule is Cc1ccc(-c2nc(-c3ccccc3)nc(-c3ccc(-c4c(-c5ccc(-c6nc(-c7ccccc7)nc(-c7ccc(C)cc7)n6)cc5)c5ccccc5c5ccccc45)cc3)n2)cc1. The molecule has 0 saturated heterocycles. The van der Waals surface area contributed by atoms with Crippen LogP contribution in [-0.4, -0.2) is 29.9 Å². The van der Waals surface area contributed by atoms with E-state index >= 15 is 0 Å². The van der Waals surface area contributed by atoms with Crippen LogP contribution >= 0.6 is 0 Å². The normalized spacial score (nSPS) is 11.3. The van der Waals surface area contributed by atoms with Crippen molar-refractivity contribution in [1.29, 1.82) is 0 Å². The van der Waals surface area contributed by atoms with Crippen LogP contribution in [0, 0.1) is 13.8 Å². The Hall–Kier alpha value is -8.48. The first-order valence-electron chi connectivity index (χ1n) is 21.4. The Balaban J connectivity index is 1.04. The minimum Gasteiger partial charge on any atom is -0.208 e. The summed E-state index contributed by atoms with van der Waals surface area (Å²) >= 11 is 0. The van der Waals surface area contributed by atoms with Gasteiger partial charge in [-0.25, -0.2) is 29.9 Å². The van der Waals surface area contributed by atoms with Gasteiger partial charge in [0.2, 0.25) is 0 Å². The molecular weight excluding hydrogens is 781 g/mol. The van der Waals surface area contributed by atoms with Crippen LogP contribution in [0.4, 0.5) is 0 Å². The molecule has 0 atom stereocenters. The lowest BCUT2D eigenvalue weighted by molar-refractivity contribution is 1.07. The van der Waals surface area contributed by atoms with Gasteiger partial charge >= 0.3 is 0 Å². The highest BCUT2D eigenvalue weighted by atomic mass is 15.0. The smallest absolute Gasteiger partial charge is 0.164 e. The molecule has 6 nitrogen and oxygen atoms in total. The number of aryl methyl sites for hydroxylation is 2. The third-order valence-electron chi connectivity index (χ3n) is 11.8. The Morgan fingerprint density at radius 3 is 0.719 bits per heavy atom. The van der Waals surface area contributed by atoms with Crippen LogP contribution < -0.4 is 0 Å². The van der Waals surface area contributed by atoms with Gasteiger partial charge in [-0.05, 0) is 57.6 Å². The average molecular weight is 821 g/mol. The van der Waals surface area contributed by atoms with Gasteiger partial charge in [0.05, 0.1) is 0 Å². The summed E-state index contributed by atoms with van der Waals surface area (Å²) in [4.78, 5) is 30.0. The standard InChI is InChI=1S/C58H40N6/c1-37-21-25-43(26-22-37)55-59-53(41-13-5-3-6-14-41)61-57(63-55)45-33-29-39(30-34-45)51-49-19-11-9-17-47(49)48-18-10-12-20-50(48)52(51)40-31-35-46(36-32-40)58-62-54(42-15-7-4-8-16-42)60-56(64-58)44-27-23-38(2)24-28-44/h3-36H,1-2H3. The lowest BCUT2D eigenvalue weighted by Gasteiger charge is -2.19. The van der Waals surface area contributed by atoms with Crippen LogP contribution in [0.1, 0.15) is 11.1 Å². The van der Waals surface area contributed by atoms with E-state index in [9.17, 15) is 0 Å². The lowest BCUT2D eigenvalue weighted by atomic mass is 9.84. The second-order valence-corrected chi connectivity index (χ2v) is 16.1. The predicted molar refractivity (Wildman–Crippen MR) is 261 cm³/mol. The minimum absolute atomic E-state index is 0.620. The summed E-state index contributed by atoms with van der Waals surface area (Å²) in [5, 5.41) is 4.75. The first kappa shape index (κ1) is 38.4. The zero-order chi connectivity index (χ0) is 43.0. The zero-order valence-electron chi connectivity index (χ0n) is 35.3. The highest BCUT2D eigenvalue weighted by Crippen LogP contribution is 2.45. The maximum atomic E-state index is 5.03. The molecule has 2 aromatic heterocycles. The molecule has 0 radical (unpaired) electrons. The molecule has 11 aromatic rings. The molecule has 0 fully saturated rings. The van der Waals surface area contributed by atoms with Crippen molar-refractivity contribution in [2.45, 2.75) is 13.8 Å². The fourth-order valence-electron chi connectivity index (χ4n) is 8.42. The average Bonchev–Trinajstić information content (AvgIpc) is 3.37. The maximum Gasteiger partial charge on any atom is 0.164 e. The van der Waals surface area contributed by atoms with Crippen molar-refractivity contribution >= 4 is 21.5 Å². The Morgan fingerprint density at radius 2 is 0.422 bits per heavy atom. The van der Waals surface area contributed by atoms with Gasteiger partial charge in [-0.1, -0.05) is 217 Å². The van der Waals surface area contributed by atoms with E-state index < -0.39 is 0 Å². The summed E-state index contributed by atoms with van der Waals surface area (Å²) in [7, 11) is 0. The summed E-state index contributed by atoms with van der Waals surface area (Å²) in [5.74, 6) is 3.79. The molecular formula is C58H40N6. The van der Waals surface area contributed by atoms with Crippen LogP contribution in [0.15, 0.2) is 206 Å². The van der Waals surface area contributed by atoms with Crippen LogP contribution in [0.2, 0.25) is 0 Å². The summed E-state index contributed by atoms with van der Waals surface area (Å²) < 4.78 is 0. The Bertz CT molecular complexity index is 3230. The molecule has 6 heteroatoms. The highest BCUT2D eigenvalue weighted by Gasteiger charge is 2.20. The quantitative estimate of drug-likeness (QED) is 0.142. The van der Waals surface area contributed by atoms with E-state index in [-0.39, 0.29) is 0 Å². The molecule has 0 aliphatic heterocycles. The van der Waals surface area contributed by atoms with Crippen LogP contribution in [-0.2, 0) is 0 Å². The molecule has 2 heterocycles. The van der Waals surface area contributed by atoms with Crippen molar-refractivity contribution in [3.05, 3.63) is 217 Å². The number of hydrogen-bond donors (Lipinski definition) is 0. The molecule has 0 spiro atoms. The van der Waals surface area contributed by atoms with E-state index in [0.29, 0.717) is 34.9 Å². The molecule has 0 aliphatic carbocycles. The van der Waals surface area contributed by atoms with Gasteiger partial charge in [0.15, 0.2) is 34.9 Å². The minimum atomic E-state index is 0.620. The topological polar surface area (TPSA) is 77.3 Å². The number of rotatable bonds is 8. The molecule has 0 unspecified atom stereocenters. The van der Waals surface area contributed by atoms with Crippen LogP contribution in [0.3, 0.4) is 0 Å². The van der Waals surface area contributed by atoms with Gasteiger partial charge in [0, 0.05) is 33.4 Å². The largest absolute Gasteiger partial charge is 0.208 e. The number of fused-ring (bicyclic) bond motifs is 3. The van der Waals surface area contributed by atoms with Gasteiger partial charge in [0.25, 0.3) is 0 Å². The number of aromatic nitrogens is 6. The van der Waals surface area contributed by atoms with Crippen molar-refractivity contribution in [2.75, 3.05) is 0 Å². The molecule has 0 N–H and O–H groups in total. The van der Waals surface area contributed by atoms with E-state index in [4.69, 9.17) is 29.9 Å². The second kappa shape index (κ2) is 16.4. The van der Waals surface area contributed by atoms with Crippen molar-refractivity contribution in [3.63, 3.8) is 0 Å². The van der Waals surface area contributed by atoms with Crippen molar-refractivity contribution in [3.8, 4) is 90.6 Å². The summed E-state index contributed by atoms with van der Waals surface area (Å²) in [6.45, 7) is 4.17. The third kappa shape index (κ3) is 7.37. The number of hydrogen-bond acceptors (Lipinski definition) is 6. The predicted octanol–water partition coefficient (Wildman–Crippen LogP) is 14.3. The van der Waals surface area contributed by atoms with Crippen molar-refractivity contribution in [2.24, 2.45) is 0 Å². The van der Waals surface area contributed by atoms with Crippen LogP contribution in [0.5, 0.6) is 0 Å². The zero-order valence-corrected chi connectivity index (χ0v) is 35.3. The van der Waals surface area contributed by atoms with Crippen molar-refractivity contribution < 1.29 is 0 Å². The monoisotopic (exact) mass is 820 g/mol. The maximum absolute atomic E-state index is 5.03. The van der Waals surface area contributed by atoms with Gasteiger partial charge < -0.3 is 0 Å². The summed E-state index contributed by atoms with van der Waals surface area (Å²) in [6.07, 6.45) is 0. The molecule has 0 saturated carbocycles. The van der Waals surface area contributed by atoms with Gasteiger partial charge in [-0.3, -0.25) is 0 Å². The molecule has 64 heavy (non-hydrogen) atoms. The molecule has 302 valence electrons. The Morgan fingerprint density at radius 1 is 0.203 bits per heavy atom. The van der Waals surface area contributed by atoms with Crippen LogP contribution in [0.25, 0.3) is 112 Å². The third-order valence-corrected chi connectivity index (χ3v) is 11.8. The molecule has 0 bridgehead atoms. The molecule has 9 aromatic carbocycles. The van der Waals surface area contributed by atoms with E-state index in [1.807, 2.05) is 60.7 Å². The first-order valence-corrected chi connectivity index (χ1v) is 21.4. The lowest BCUT2D eigenvalue weighted by Crippen LogP contribution is -2.00. The number of benzene rings is 9. The second-order valence-electron chi connectivity index (χ2n) is 16.1. The first-order chi connectivity index (χ1) is 31.5. The fourth-order valence-corrected chi connectivity index (χ4v) is 8.42. The van der Waals surface area contributed by atoms with Gasteiger partial charge in [-0.15, -0.1) is 0 Å². The van der Waals surface area contributed by atoms with Crippen molar-refractivity contribution in [1.82, 2.24) is 29.9 Å². The summed E-state index contributed by atoms with van der Waals surface area (Å²) in [5.41, 5.74) is 12.4. The molecule has 0 aliphatic rings. The van der Waals surface area contributed by atoms with E-state index in [0.717, 1.165) is 55.6 Å². The summed E-state index contributed by atoms with van der Waals surface area (Å²) in [6, 6.07) is 71.5. The molecule has 0 amide bonds. The highest BCUT2D eigenvalue weighted by molar-refractivity contribution is 6.21.